The van der Waals surface area contributed by atoms with Gasteiger partial charge in [-0.2, -0.15) is 5.26 Å². The SMILES string of the molecule is CC(C)(C)C(=O)N1C[C@]2(C[C@H]1C#N)C(=O)Nc1ccccc12. The molecule has 2 atom stereocenters. The molecule has 114 valence electrons. The molecule has 2 aliphatic heterocycles. The Labute approximate surface area is 129 Å². The van der Waals surface area contributed by atoms with Crippen molar-refractivity contribution in [2.24, 2.45) is 5.41 Å². The summed E-state index contributed by atoms with van der Waals surface area (Å²) >= 11 is 0. The summed E-state index contributed by atoms with van der Waals surface area (Å²) in [5.74, 6) is -0.203. The molecule has 1 N–H and O–H groups in total. The van der Waals surface area contributed by atoms with Crippen LogP contribution in [0.25, 0.3) is 0 Å². The van der Waals surface area contributed by atoms with Gasteiger partial charge in [0.05, 0.1) is 11.5 Å². The zero-order chi connectivity index (χ0) is 16.1. The average molecular weight is 297 g/mol. The van der Waals surface area contributed by atoms with E-state index in [1.807, 2.05) is 45.0 Å². The molecule has 22 heavy (non-hydrogen) atoms. The van der Waals surface area contributed by atoms with E-state index in [9.17, 15) is 14.9 Å². The third-order valence-electron chi connectivity index (χ3n) is 4.54. The fourth-order valence-electron chi connectivity index (χ4n) is 3.40. The standard InChI is InChI=1S/C17H19N3O2/c1-16(2,3)15(22)20-10-17(8-11(20)9-18)12-6-4-5-7-13(12)19-14(17)21/h4-7,11H,8,10H2,1-3H3,(H,19,21)/t11-,17-/m0/s1. The first-order valence-corrected chi connectivity index (χ1v) is 7.41. The minimum atomic E-state index is -0.794. The first-order valence-electron chi connectivity index (χ1n) is 7.41. The van der Waals surface area contributed by atoms with Crippen LogP contribution in [0, 0.1) is 16.7 Å². The van der Waals surface area contributed by atoms with Gasteiger partial charge in [-0.15, -0.1) is 0 Å². The van der Waals surface area contributed by atoms with Gasteiger partial charge in [0.15, 0.2) is 0 Å². The van der Waals surface area contributed by atoms with Crippen molar-refractivity contribution in [2.75, 3.05) is 11.9 Å². The van der Waals surface area contributed by atoms with Crippen LogP contribution in [0.5, 0.6) is 0 Å². The first-order chi connectivity index (χ1) is 10.3. The highest BCUT2D eigenvalue weighted by Crippen LogP contribution is 2.46. The minimum absolute atomic E-state index is 0.0897. The van der Waals surface area contributed by atoms with Crippen LogP contribution in [0.1, 0.15) is 32.8 Å². The van der Waals surface area contributed by atoms with Crippen LogP contribution in [0.15, 0.2) is 24.3 Å². The van der Waals surface area contributed by atoms with Gasteiger partial charge in [-0.25, -0.2) is 0 Å². The van der Waals surface area contributed by atoms with Gasteiger partial charge in [-0.3, -0.25) is 9.59 Å². The average Bonchev–Trinajstić information content (AvgIpc) is 2.98. The highest BCUT2D eigenvalue weighted by Gasteiger charge is 2.56. The van der Waals surface area contributed by atoms with Crippen molar-refractivity contribution in [3.05, 3.63) is 29.8 Å². The number of amides is 2. The van der Waals surface area contributed by atoms with Gasteiger partial charge in [0.1, 0.15) is 6.04 Å². The molecule has 0 aliphatic carbocycles. The molecule has 0 saturated carbocycles. The fraction of sp³-hybridized carbons (Fsp3) is 0.471. The molecule has 1 aromatic rings. The van der Waals surface area contributed by atoms with Gasteiger partial charge in [-0.05, 0) is 11.6 Å². The van der Waals surface area contributed by atoms with Crippen molar-refractivity contribution >= 4 is 17.5 Å². The normalized spacial score (nSPS) is 26.7. The Morgan fingerprint density at radius 3 is 2.73 bits per heavy atom. The topological polar surface area (TPSA) is 73.2 Å². The summed E-state index contributed by atoms with van der Waals surface area (Å²) < 4.78 is 0. The van der Waals surface area contributed by atoms with Crippen molar-refractivity contribution < 1.29 is 9.59 Å². The van der Waals surface area contributed by atoms with Crippen LogP contribution in [-0.4, -0.2) is 29.3 Å². The van der Waals surface area contributed by atoms with E-state index in [0.717, 1.165) is 11.3 Å². The van der Waals surface area contributed by atoms with Crippen LogP contribution in [0.3, 0.4) is 0 Å². The lowest BCUT2D eigenvalue weighted by atomic mass is 9.80. The Morgan fingerprint density at radius 2 is 2.09 bits per heavy atom. The molecule has 2 aliphatic rings. The molecule has 0 radical (unpaired) electrons. The van der Waals surface area contributed by atoms with Crippen LogP contribution in [0.2, 0.25) is 0 Å². The molecular formula is C17H19N3O2. The number of nitrogens with one attached hydrogen (secondary N) is 1. The molecule has 2 heterocycles. The van der Waals surface area contributed by atoms with Crippen LogP contribution in [0.4, 0.5) is 5.69 Å². The van der Waals surface area contributed by atoms with E-state index in [1.54, 1.807) is 4.90 Å². The molecule has 1 fully saturated rings. The van der Waals surface area contributed by atoms with Crippen LogP contribution in [-0.2, 0) is 15.0 Å². The largest absolute Gasteiger partial charge is 0.325 e. The van der Waals surface area contributed by atoms with E-state index in [0.29, 0.717) is 6.42 Å². The zero-order valence-corrected chi connectivity index (χ0v) is 13.0. The summed E-state index contributed by atoms with van der Waals surface area (Å²) in [6.45, 7) is 5.76. The smallest absolute Gasteiger partial charge is 0.237 e. The number of carbonyl (C=O) groups excluding carboxylic acids is 2. The van der Waals surface area contributed by atoms with Gasteiger partial charge in [0.25, 0.3) is 0 Å². The molecule has 1 spiro atoms. The highest BCUT2D eigenvalue weighted by atomic mass is 16.2. The molecule has 1 saturated heterocycles. The van der Waals surface area contributed by atoms with Crippen LogP contribution < -0.4 is 5.32 Å². The third kappa shape index (κ3) is 1.91. The number of likely N-dealkylation sites (tertiary alicyclic amines) is 1. The fourth-order valence-corrected chi connectivity index (χ4v) is 3.40. The lowest BCUT2D eigenvalue weighted by Gasteiger charge is -2.28. The summed E-state index contributed by atoms with van der Waals surface area (Å²) in [4.78, 5) is 26.8. The predicted octanol–water partition coefficient (Wildman–Crippen LogP) is 2.05. The third-order valence-corrected chi connectivity index (χ3v) is 4.54. The van der Waals surface area contributed by atoms with Crippen molar-refractivity contribution in [3.8, 4) is 6.07 Å². The molecule has 0 aromatic heterocycles. The van der Waals surface area contributed by atoms with Gasteiger partial charge < -0.3 is 10.2 Å². The van der Waals surface area contributed by atoms with Gasteiger partial charge in [0, 0.05) is 24.1 Å². The second-order valence-corrected chi connectivity index (χ2v) is 7.11. The maximum atomic E-state index is 12.6. The second kappa shape index (κ2) is 4.57. The minimum Gasteiger partial charge on any atom is -0.325 e. The Morgan fingerprint density at radius 1 is 1.41 bits per heavy atom. The number of rotatable bonds is 0. The summed E-state index contributed by atoms with van der Waals surface area (Å²) in [5.41, 5.74) is 0.311. The maximum absolute atomic E-state index is 12.6. The molecule has 1 aromatic carbocycles. The number of benzene rings is 1. The molecule has 0 unspecified atom stereocenters. The zero-order valence-electron chi connectivity index (χ0n) is 13.0. The van der Waals surface area contributed by atoms with E-state index in [2.05, 4.69) is 11.4 Å². The Hall–Kier alpha value is -2.35. The lowest BCUT2D eigenvalue weighted by molar-refractivity contribution is -0.139. The summed E-state index contributed by atoms with van der Waals surface area (Å²) in [5, 5.41) is 12.3. The highest BCUT2D eigenvalue weighted by molar-refractivity contribution is 6.07. The molecule has 5 nitrogen and oxygen atoms in total. The van der Waals surface area contributed by atoms with E-state index in [4.69, 9.17) is 0 Å². The number of hydrogen-bond donors (Lipinski definition) is 1. The summed E-state index contributed by atoms with van der Waals surface area (Å²) in [6.07, 6.45) is 0.355. The molecule has 5 heteroatoms. The number of fused-ring (bicyclic) bond motifs is 2. The number of nitriles is 1. The van der Waals surface area contributed by atoms with Crippen molar-refractivity contribution in [2.45, 2.75) is 38.6 Å². The molecule has 2 amide bonds. The van der Waals surface area contributed by atoms with Crippen LogP contribution >= 0.6 is 0 Å². The van der Waals surface area contributed by atoms with Gasteiger partial charge in [0.2, 0.25) is 11.8 Å². The molecule has 3 rings (SSSR count). The number of nitrogens with zero attached hydrogens (tertiary/aromatic N) is 2. The number of anilines is 1. The molecule has 0 bridgehead atoms. The Bertz CT molecular complexity index is 699. The summed E-state index contributed by atoms with van der Waals surface area (Å²) in [6, 6.07) is 9.15. The lowest BCUT2D eigenvalue weighted by Crippen LogP contribution is -2.44. The molecular weight excluding hydrogens is 278 g/mol. The van der Waals surface area contributed by atoms with Crippen molar-refractivity contribution in [1.82, 2.24) is 4.90 Å². The quantitative estimate of drug-likeness (QED) is 0.796. The van der Waals surface area contributed by atoms with Crippen molar-refractivity contribution in [3.63, 3.8) is 0 Å². The number of para-hydroxylation sites is 1. The van der Waals surface area contributed by atoms with Gasteiger partial charge >= 0.3 is 0 Å². The summed E-state index contributed by atoms with van der Waals surface area (Å²) in [7, 11) is 0. The Balaban J connectivity index is 2.04. The Kier molecular flexibility index (Phi) is 3.03. The van der Waals surface area contributed by atoms with E-state index in [-0.39, 0.29) is 18.4 Å². The second-order valence-electron chi connectivity index (χ2n) is 7.11. The number of hydrogen-bond acceptors (Lipinski definition) is 3. The van der Waals surface area contributed by atoms with E-state index >= 15 is 0 Å². The maximum Gasteiger partial charge on any atom is 0.237 e. The number of carbonyl (C=O) groups is 2. The van der Waals surface area contributed by atoms with Crippen molar-refractivity contribution in [1.29, 1.82) is 5.26 Å². The monoisotopic (exact) mass is 297 g/mol. The van der Waals surface area contributed by atoms with Gasteiger partial charge in [-0.1, -0.05) is 39.0 Å². The first kappa shape index (κ1) is 14.6. The van der Waals surface area contributed by atoms with E-state index < -0.39 is 16.9 Å². The predicted molar refractivity (Wildman–Crippen MR) is 81.9 cm³/mol. The van der Waals surface area contributed by atoms with E-state index in [1.165, 1.54) is 0 Å².